The standard InChI is InChI=1S/C13H12BrIN2O/c1-17(2)13-12(14)7-11(18-13)8-16-10-5-3-9(15)4-6-10/h3-8H,1-2H3. The third-order valence-electron chi connectivity index (χ3n) is 2.26. The zero-order chi connectivity index (χ0) is 13.1. The molecule has 0 saturated heterocycles. The van der Waals surface area contributed by atoms with Crippen molar-refractivity contribution in [1.29, 1.82) is 0 Å². The van der Waals surface area contributed by atoms with E-state index in [0.29, 0.717) is 0 Å². The van der Waals surface area contributed by atoms with E-state index in [0.717, 1.165) is 21.8 Å². The molecular weight excluding hydrogens is 407 g/mol. The van der Waals surface area contributed by atoms with E-state index >= 15 is 0 Å². The summed E-state index contributed by atoms with van der Waals surface area (Å²) < 4.78 is 7.77. The largest absolute Gasteiger partial charge is 0.438 e. The molecule has 0 atom stereocenters. The van der Waals surface area contributed by atoms with Crippen LogP contribution in [0.4, 0.5) is 11.6 Å². The lowest BCUT2D eigenvalue weighted by atomic mass is 10.3. The summed E-state index contributed by atoms with van der Waals surface area (Å²) >= 11 is 5.72. The number of furan rings is 1. The maximum Gasteiger partial charge on any atom is 0.210 e. The average Bonchev–Trinajstić information content (AvgIpc) is 2.70. The quantitative estimate of drug-likeness (QED) is 0.543. The SMILES string of the molecule is CN(C)c1oc(C=Nc2ccc(I)cc2)cc1Br. The van der Waals surface area contributed by atoms with Crippen molar-refractivity contribution < 1.29 is 4.42 Å². The Bertz CT molecular complexity index is 561. The van der Waals surface area contributed by atoms with Gasteiger partial charge in [-0.1, -0.05) is 0 Å². The van der Waals surface area contributed by atoms with Gasteiger partial charge in [0.1, 0.15) is 5.76 Å². The first-order valence-electron chi connectivity index (χ1n) is 5.32. The molecule has 18 heavy (non-hydrogen) atoms. The number of hydrogen-bond donors (Lipinski definition) is 0. The Balaban J connectivity index is 2.18. The van der Waals surface area contributed by atoms with Crippen molar-refractivity contribution in [2.24, 2.45) is 4.99 Å². The molecule has 1 aromatic carbocycles. The summed E-state index contributed by atoms with van der Waals surface area (Å²) in [6.45, 7) is 0. The minimum atomic E-state index is 0.726. The molecule has 3 nitrogen and oxygen atoms in total. The Morgan fingerprint density at radius 2 is 1.94 bits per heavy atom. The van der Waals surface area contributed by atoms with Crippen molar-refractivity contribution in [3.05, 3.63) is 44.1 Å². The van der Waals surface area contributed by atoms with E-state index in [9.17, 15) is 0 Å². The highest BCUT2D eigenvalue weighted by Gasteiger charge is 2.08. The zero-order valence-corrected chi connectivity index (χ0v) is 13.8. The lowest BCUT2D eigenvalue weighted by Gasteiger charge is -2.07. The molecule has 0 radical (unpaired) electrons. The Morgan fingerprint density at radius 3 is 2.50 bits per heavy atom. The first kappa shape index (κ1) is 13.6. The summed E-state index contributed by atoms with van der Waals surface area (Å²) in [6.07, 6.45) is 1.72. The maximum atomic E-state index is 5.65. The molecule has 0 spiro atoms. The summed E-state index contributed by atoms with van der Waals surface area (Å²) in [6, 6.07) is 9.91. The van der Waals surface area contributed by atoms with Gasteiger partial charge in [0.2, 0.25) is 5.88 Å². The fraction of sp³-hybridized carbons (Fsp3) is 0.154. The lowest BCUT2D eigenvalue weighted by Crippen LogP contribution is -2.07. The number of anilines is 1. The van der Waals surface area contributed by atoms with Crippen molar-refractivity contribution in [3.8, 4) is 0 Å². The third kappa shape index (κ3) is 3.35. The molecule has 0 aliphatic heterocycles. The number of rotatable bonds is 3. The van der Waals surface area contributed by atoms with Crippen LogP contribution in [-0.4, -0.2) is 20.3 Å². The summed E-state index contributed by atoms with van der Waals surface area (Å²) in [7, 11) is 3.87. The maximum absolute atomic E-state index is 5.65. The molecule has 0 aliphatic rings. The Hall–Kier alpha value is -0.820. The highest BCUT2D eigenvalue weighted by molar-refractivity contribution is 14.1. The van der Waals surface area contributed by atoms with Crippen LogP contribution in [0.3, 0.4) is 0 Å². The molecule has 1 heterocycles. The normalized spacial score (nSPS) is 11.1. The molecule has 0 saturated carbocycles. The predicted octanol–water partition coefficient (Wildman–Crippen LogP) is 4.46. The van der Waals surface area contributed by atoms with Gasteiger partial charge in [-0.15, -0.1) is 0 Å². The van der Waals surface area contributed by atoms with Crippen LogP contribution in [0.5, 0.6) is 0 Å². The highest BCUT2D eigenvalue weighted by Crippen LogP contribution is 2.28. The molecule has 2 rings (SSSR count). The number of nitrogens with zero attached hydrogens (tertiary/aromatic N) is 2. The second-order valence-electron chi connectivity index (χ2n) is 3.93. The summed E-state index contributed by atoms with van der Waals surface area (Å²) in [5.74, 6) is 1.52. The lowest BCUT2D eigenvalue weighted by molar-refractivity contribution is 0.557. The fourth-order valence-electron chi connectivity index (χ4n) is 1.41. The van der Waals surface area contributed by atoms with Crippen LogP contribution in [0.1, 0.15) is 5.76 Å². The molecule has 1 aromatic heterocycles. The molecule has 0 unspecified atom stereocenters. The van der Waals surface area contributed by atoms with Gasteiger partial charge in [0.25, 0.3) is 0 Å². The number of halogens is 2. The van der Waals surface area contributed by atoms with Crippen LogP contribution in [0.25, 0.3) is 0 Å². The number of hydrogen-bond acceptors (Lipinski definition) is 3. The number of benzene rings is 1. The molecule has 5 heteroatoms. The monoisotopic (exact) mass is 418 g/mol. The Morgan fingerprint density at radius 1 is 1.28 bits per heavy atom. The van der Waals surface area contributed by atoms with E-state index in [1.54, 1.807) is 6.21 Å². The van der Waals surface area contributed by atoms with Gasteiger partial charge < -0.3 is 9.32 Å². The summed E-state index contributed by atoms with van der Waals surface area (Å²) in [4.78, 5) is 6.28. The average molecular weight is 419 g/mol. The molecule has 0 N–H and O–H groups in total. The Kier molecular flexibility index (Phi) is 4.45. The smallest absolute Gasteiger partial charge is 0.210 e. The van der Waals surface area contributed by atoms with Crippen LogP contribution in [0.15, 0.2) is 44.2 Å². The minimum Gasteiger partial charge on any atom is -0.438 e. The third-order valence-corrected chi connectivity index (χ3v) is 3.55. The van der Waals surface area contributed by atoms with Gasteiger partial charge in [0, 0.05) is 23.7 Å². The van der Waals surface area contributed by atoms with Gasteiger partial charge in [-0.05, 0) is 62.8 Å². The van der Waals surface area contributed by atoms with Crippen molar-refractivity contribution in [2.45, 2.75) is 0 Å². The van der Waals surface area contributed by atoms with Gasteiger partial charge in [-0.2, -0.15) is 0 Å². The van der Waals surface area contributed by atoms with Crippen LogP contribution in [0, 0.1) is 3.57 Å². The first-order valence-corrected chi connectivity index (χ1v) is 7.20. The van der Waals surface area contributed by atoms with Crippen molar-refractivity contribution in [3.63, 3.8) is 0 Å². The molecular formula is C13H12BrIN2O. The van der Waals surface area contributed by atoms with Gasteiger partial charge in [0.15, 0.2) is 0 Å². The fourth-order valence-corrected chi connectivity index (χ4v) is 2.43. The minimum absolute atomic E-state index is 0.726. The van der Waals surface area contributed by atoms with E-state index in [1.165, 1.54) is 3.57 Å². The topological polar surface area (TPSA) is 28.7 Å². The molecule has 0 amide bonds. The van der Waals surface area contributed by atoms with Gasteiger partial charge in [0.05, 0.1) is 16.4 Å². The van der Waals surface area contributed by atoms with Gasteiger partial charge >= 0.3 is 0 Å². The van der Waals surface area contributed by atoms with E-state index in [1.807, 2.05) is 49.3 Å². The molecule has 0 aliphatic carbocycles. The highest BCUT2D eigenvalue weighted by atomic mass is 127. The second kappa shape index (κ2) is 5.88. The van der Waals surface area contributed by atoms with E-state index in [2.05, 4.69) is 43.5 Å². The molecule has 94 valence electrons. The van der Waals surface area contributed by atoms with Gasteiger partial charge in [-0.25, -0.2) is 0 Å². The second-order valence-corrected chi connectivity index (χ2v) is 6.03. The predicted molar refractivity (Wildman–Crippen MR) is 87.1 cm³/mol. The van der Waals surface area contributed by atoms with Crippen LogP contribution in [0.2, 0.25) is 0 Å². The van der Waals surface area contributed by atoms with Crippen molar-refractivity contribution >= 4 is 56.3 Å². The molecule has 2 aromatic rings. The van der Waals surface area contributed by atoms with Crippen molar-refractivity contribution in [2.75, 3.05) is 19.0 Å². The van der Waals surface area contributed by atoms with E-state index in [-0.39, 0.29) is 0 Å². The first-order chi connectivity index (χ1) is 8.56. The Labute approximate surface area is 128 Å². The van der Waals surface area contributed by atoms with Crippen LogP contribution < -0.4 is 4.90 Å². The summed E-state index contributed by atoms with van der Waals surface area (Å²) in [5.41, 5.74) is 0.911. The summed E-state index contributed by atoms with van der Waals surface area (Å²) in [5, 5.41) is 0. The van der Waals surface area contributed by atoms with Gasteiger partial charge in [-0.3, -0.25) is 4.99 Å². The zero-order valence-electron chi connectivity index (χ0n) is 10.0. The van der Waals surface area contributed by atoms with Crippen LogP contribution in [-0.2, 0) is 0 Å². The molecule has 0 bridgehead atoms. The van der Waals surface area contributed by atoms with E-state index in [4.69, 9.17) is 4.42 Å². The molecule has 0 fully saturated rings. The van der Waals surface area contributed by atoms with Crippen molar-refractivity contribution in [1.82, 2.24) is 0 Å². The number of aliphatic imine (C=N–C) groups is 1. The van der Waals surface area contributed by atoms with Crippen LogP contribution >= 0.6 is 38.5 Å². The van der Waals surface area contributed by atoms with E-state index < -0.39 is 0 Å².